The molecule has 7 aliphatic rings. The summed E-state index contributed by atoms with van der Waals surface area (Å²) in [6, 6.07) is 6.00. The van der Waals surface area contributed by atoms with E-state index in [9.17, 15) is 83.1 Å². The van der Waals surface area contributed by atoms with Crippen molar-refractivity contribution in [1.29, 1.82) is 0 Å². The highest BCUT2D eigenvalue weighted by Gasteiger charge is 2.57. The van der Waals surface area contributed by atoms with Crippen molar-refractivity contribution >= 4 is 75.6 Å². The van der Waals surface area contributed by atoms with Gasteiger partial charge in [-0.05, 0) is 108 Å². The van der Waals surface area contributed by atoms with Crippen molar-refractivity contribution in [3.8, 4) is 0 Å². The number of aromatic amines is 5. The van der Waals surface area contributed by atoms with Crippen LogP contribution in [-0.4, -0.2) is 221 Å². The summed E-state index contributed by atoms with van der Waals surface area (Å²) in [6.45, 7) is 9.71. The van der Waals surface area contributed by atoms with Crippen LogP contribution >= 0.6 is 75.6 Å². The summed E-state index contributed by atoms with van der Waals surface area (Å²) in [5.74, 6) is -1.40. The van der Waals surface area contributed by atoms with Crippen LogP contribution in [0.15, 0.2) is 90.7 Å². The molecule has 0 saturated carbocycles. The molecule has 98 heavy (non-hydrogen) atoms. The lowest BCUT2D eigenvalue weighted by Gasteiger charge is -2.25. The second-order valence-electron chi connectivity index (χ2n) is 23.3. The molecule has 0 bridgehead atoms. The molecular weight excluding hydrogens is 1680 g/mol. The van der Waals surface area contributed by atoms with Gasteiger partial charge >= 0.3 is 36.3 Å². The molecule has 41 nitrogen and oxygen atoms in total. The van der Waals surface area contributed by atoms with E-state index in [-0.39, 0.29) is 44.0 Å². The van der Waals surface area contributed by atoms with E-state index in [0.717, 1.165) is 50.9 Å². The van der Waals surface area contributed by atoms with Crippen LogP contribution in [0.3, 0.4) is 0 Å². The van der Waals surface area contributed by atoms with Gasteiger partial charge < -0.3 is 93.3 Å². The first-order valence-corrected chi connectivity index (χ1v) is 34.3. The third-order valence-electron chi connectivity index (χ3n) is 15.6. The lowest BCUT2D eigenvalue weighted by Crippen LogP contribution is -2.39. The number of aliphatic hydroxyl groups excluding tert-OH is 8. The number of hydrogen-bond acceptors (Lipinski definition) is 29. The van der Waals surface area contributed by atoms with Gasteiger partial charge in [-0.1, -0.05) is 13.8 Å². The van der Waals surface area contributed by atoms with Crippen LogP contribution in [0.5, 0.6) is 0 Å². The normalized spacial score (nSPS) is 32.5. The maximum Gasteiger partial charge on any atom is 0.469 e. The second-order valence-corrected chi connectivity index (χ2v) is 27.9. The third-order valence-corrected chi connectivity index (χ3v) is 18.6. The van der Waals surface area contributed by atoms with Gasteiger partial charge in [0.15, 0.2) is 42.7 Å². The van der Waals surface area contributed by atoms with Crippen molar-refractivity contribution in [2.24, 2.45) is 0 Å². The molecule has 45 heteroatoms. The molecule has 0 aliphatic carbocycles. The predicted octanol–water partition coefficient (Wildman–Crippen LogP) is -5.90. The van der Waals surface area contributed by atoms with E-state index in [1.165, 1.54) is 27.5 Å². The Balaban J connectivity index is 0.000000157. The molecular formula is C53H70I3N10O31P. The van der Waals surface area contributed by atoms with Crippen LogP contribution in [0.4, 0.5) is 0 Å². The highest BCUT2D eigenvalue weighted by atomic mass is 127. The minimum absolute atomic E-state index is 0.134. The van der Waals surface area contributed by atoms with Gasteiger partial charge in [-0.3, -0.25) is 76.3 Å². The zero-order valence-corrected chi connectivity index (χ0v) is 59.4. The summed E-state index contributed by atoms with van der Waals surface area (Å²) < 4.78 is 72.3. The molecule has 12 heterocycles. The molecule has 5 aromatic heterocycles. The summed E-state index contributed by atoms with van der Waals surface area (Å²) in [5, 5.41) is 76.2. The molecule has 7 aliphatic heterocycles. The maximum atomic E-state index is 12.1. The molecule has 5 unspecified atom stereocenters. The van der Waals surface area contributed by atoms with Gasteiger partial charge in [0.25, 0.3) is 27.8 Å². The Morgan fingerprint density at radius 3 is 1.10 bits per heavy atom. The van der Waals surface area contributed by atoms with Crippen molar-refractivity contribution < 1.29 is 102 Å². The highest BCUT2D eigenvalue weighted by molar-refractivity contribution is 14.1. The number of aliphatic hydroxyl groups is 8. The summed E-state index contributed by atoms with van der Waals surface area (Å²) in [5.41, 5.74) is -6.00. The zero-order valence-electron chi connectivity index (χ0n) is 52.0. The van der Waals surface area contributed by atoms with Gasteiger partial charge in [-0.2, -0.15) is 0 Å². The van der Waals surface area contributed by atoms with Crippen LogP contribution in [-0.2, 0) is 51.7 Å². The van der Waals surface area contributed by atoms with Crippen molar-refractivity contribution in [3.05, 3.63) is 158 Å². The summed E-state index contributed by atoms with van der Waals surface area (Å²) >= 11 is 5.37. The molecule has 12 rings (SSSR count). The van der Waals surface area contributed by atoms with Crippen LogP contribution < -0.4 is 56.2 Å². The van der Waals surface area contributed by atoms with Crippen LogP contribution in [0, 0.1) is 11.1 Å². The quantitative estimate of drug-likeness (QED) is 0.0314. The number of phosphoric ester groups is 1. The van der Waals surface area contributed by atoms with Gasteiger partial charge in [-0.15, -0.1) is 0 Å². The Kier molecular flexibility index (Phi) is 25.8. The fourth-order valence-corrected chi connectivity index (χ4v) is 13.9. The Morgan fingerprint density at radius 1 is 0.439 bits per heavy atom. The van der Waals surface area contributed by atoms with Gasteiger partial charge in [0.1, 0.15) is 79.4 Å². The largest absolute Gasteiger partial charge is 0.469 e. The topological polar surface area (TPSA) is 586 Å². The average molecular weight is 1750 g/mol. The Hall–Kier alpha value is -4.98. The Bertz CT molecular complexity index is 4320. The average Bonchev–Trinajstić information content (AvgIpc) is 1.60. The molecule has 0 amide bonds. The third kappa shape index (κ3) is 17.9. The number of fused-ring (bicyclic) bond motifs is 2. The predicted molar refractivity (Wildman–Crippen MR) is 351 cm³/mol. The first-order chi connectivity index (χ1) is 45.8. The van der Waals surface area contributed by atoms with Gasteiger partial charge in [0.05, 0.1) is 43.1 Å². The molecule has 0 spiro atoms. The Labute approximate surface area is 588 Å². The first-order valence-electron chi connectivity index (χ1n) is 29.5. The van der Waals surface area contributed by atoms with Crippen LogP contribution in [0.1, 0.15) is 85.5 Å². The zero-order chi connectivity index (χ0) is 72.5. The van der Waals surface area contributed by atoms with E-state index in [1.54, 1.807) is 45.2 Å². The fraction of sp³-hybridized carbons (Fsp3) is 0.623. The molecule has 15 N–H and O–H groups in total. The van der Waals surface area contributed by atoms with Crippen LogP contribution in [0.2, 0.25) is 0 Å². The minimum atomic E-state index is -4.77. The molecule has 0 aromatic carbocycles. The van der Waals surface area contributed by atoms with Crippen molar-refractivity contribution in [2.45, 2.75) is 189 Å². The number of rotatable bonds is 12. The van der Waals surface area contributed by atoms with Crippen molar-refractivity contribution in [3.63, 3.8) is 0 Å². The number of hydrogen-bond donors (Lipinski definition) is 15. The number of halogens is 3. The fourth-order valence-electron chi connectivity index (χ4n) is 11.3. The Morgan fingerprint density at radius 2 is 0.745 bits per heavy atom. The van der Waals surface area contributed by atoms with E-state index in [1.807, 2.05) is 79.1 Å². The molecule has 20 atom stereocenters. The highest BCUT2D eigenvalue weighted by Crippen LogP contribution is 2.45. The monoisotopic (exact) mass is 1750 g/mol. The summed E-state index contributed by atoms with van der Waals surface area (Å²) in [4.78, 5) is 142. The van der Waals surface area contributed by atoms with E-state index in [0.29, 0.717) is 3.70 Å². The SMILES string of the molecule is CC[C@H]1O[C@@H](n2c(I)cc(=O)[nH]c2=O)C2OC(C)(C)O[C@H]21.CC[C@H]1O[C@@H](n2ccc(=O)[nH]c2=O)C2OC(C)(C)O[C@H]21.O=c1cc(I)n([C@@H]2O[C@H](CO)[C@H](O)C2O)c(=O)[nH]1.O=c1cc(I)n([C@@H]2O[C@H](COP(=O)(O)O)[C@H](O)C2O)c(=O)[nH]1.O=c1ccn([C@@H]2O[C@H](CO)[C@H](O)C2O)c(=O)[nH]1. The van der Waals surface area contributed by atoms with Gasteiger partial charge in [-0.25, -0.2) is 28.5 Å². The minimum Gasteiger partial charge on any atom is -0.394 e. The van der Waals surface area contributed by atoms with E-state index >= 15 is 0 Å². The molecule has 7 saturated heterocycles. The number of H-pyrrole nitrogens is 5. The van der Waals surface area contributed by atoms with Crippen molar-refractivity contribution in [1.82, 2.24) is 47.8 Å². The molecule has 544 valence electrons. The standard InChI is InChI=1S/C13H17IN2O5.C13H18N2O5.C9H12IN2O9P.C9H11IN2O6.C9H12N2O6/c1-4-6-9-10(21-13(2,3)20-9)11(19-6)16-7(14)5-8(17)15-12(16)18;1-4-7-9-10(20-13(2,3)19-9)11(18-7)15-6-5-8(16)14-12(15)17;10-4-1-5(13)11-9(16)12(4)8-7(15)6(14)3(21-8)2-20-22(17,18)19;10-4-1-5(14)11-9(17)12(4)8-7(16)6(15)3(2-13)18-8;12-3-4-6(14)7(15)8(17-4)11-2-1-5(13)10-9(11)16/h5-6,9-11H,4H2,1-3H3,(H,15,17,18);5-7,9-11H,4H2,1-3H3,(H,14,16,17);1,3,6-8,14-15H,2H2,(H,11,13,16)(H2,17,18,19);1,3,6-8,13,15-16H,2H2,(H,11,14,17);1-2,4,6-8,12,14-15H,3H2,(H,10,13,16)/t6-,9+,10?,11-;7-,9+,10?,11-;2*3-,6+,7?,8-;4-,6+,7?,8-/m11111/s1. The smallest absolute Gasteiger partial charge is 0.394 e. The number of ether oxygens (including phenoxy) is 9. The van der Waals surface area contributed by atoms with Gasteiger partial charge in [0, 0.05) is 42.7 Å². The van der Waals surface area contributed by atoms with Gasteiger partial charge in [0.2, 0.25) is 0 Å². The lowest BCUT2D eigenvalue weighted by molar-refractivity contribution is -0.197. The number of nitrogens with one attached hydrogen (secondary N) is 5. The molecule has 7 fully saturated rings. The van der Waals surface area contributed by atoms with Crippen molar-refractivity contribution in [2.75, 3.05) is 19.8 Å². The maximum absolute atomic E-state index is 12.1. The molecule has 0 radical (unpaired) electrons. The summed E-state index contributed by atoms with van der Waals surface area (Å²) in [6.07, 6.45) is -13.7. The summed E-state index contributed by atoms with van der Waals surface area (Å²) in [7, 11) is -4.77. The molecule has 5 aromatic rings. The lowest BCUT2D eigenvalue weighted by atomic mass is 10.1. The van der Waals surface area contributed by atoms with E-state index < -0.39 is 182 Å². The first kappa shape index (κ1) is 78.7. The van der Waals surface area contributed by atoms with Crippen LogP contribution in [0.25, 0.3) is 0 Å². The van der Waals surface area contributed by atoms with E-state index in [4.69, 9.17) is 62.6 Å². The number of aromatic nitrogens is 10. The second kappa shape index (κ2) is 32.1. The van der Waals surface area contributed by atoms with E-state index in [2.05, 4.69) is 14.5 Å². The number of nitrogens with zero attached hydrogens (tertiary/aromatic N) is 5. The number of phosphoric acid groups is 1.